The SMILES string of the molecule is COC(OI)c1ccccc1. The van der Waals surface area contributed by atoms with Crippen LogP contribution in [-0.2, 0) is 7.80 Å². The number of methoxy groups -OCH3 is 1. The van der Waals surface area contributed by atoms with Gasteiger partial charge in [-0.25, -0.2) is 0 Å². The molecule has 0 aliphatic carbocycles. The van der Waals surface area contributed by atoms with Crippen LogP contribution in [-0.4, -0.2) is 7.11 Å². The molecule has 0 spiro atoms. The van der Waals surface area contributed by atoms with E-state index >= 15 is 0 Å². The molecular weight excluding hydrogens is 255 g/mol. The molecule has 1 atom stereocenters. The maximum Gasteiger partial charge on any atom is 0.194 e. The summed E-state index contributed by atoms with van der Waals surface area (Å²) in [6.45, 7) is 0. The van der Waals surface area contributed by atoms with Crippen molar-refractivity contribution in [3.8, 4) is 0 Å². The maximum absolute atomic E-state index is 5.06. The fraction of sp³-hybridized carbons (Fsp3) is 0.250. The van der Waals surface area contributed by atoms with Gasteiger partial charge in [0.25, 0.3) is 0 Å². The van der Waals surface area contributed by atoms with Gasteiger partial charge in [-0.3, -0.25) is 3.07 Å². The molecule has 0 aromatic heterocycles. The summed E-state index contributed by atoms with van der Waals surface area (Å²) in [6, 6.07) is 9.80. The average molecular weight is 264 g/mol. The molecule has 0 bridgehead atoms. The minimum Gasteiger partial charge on any atom is -0.351 e. The first-order valence-corrected chi connectivity index (χ1v) is 4.11. The Bertz CT molecular complexity index is 197. The minimum absolute atomic E-state index is 0.253. The number of benzene rings is 1. The van der Waals surface area contributed by atoms with Crippen molar-refractivity contribution >= 4 is 23.0 Å². The van der Waals surface area contributed by atoms with Crippen molar-refractivity contribution in [2.75, 3.05) is 7.11 Å². The molecule has 0 amide bonds. The highest BCUT2D eigenvalue weighted by Gasteiger charge is 2.07. The van der Waals surface area contributed by atoms with Crippen LogP contribution in [0.5, 0.6) is 0 Å². The average Bonchev–Trinajstić information content (AvgIpc) is 2.09. The third-order valence-corrected chi connectivity index (χ3v) is 1.83. The van der Waals surface area contributed by atoms with Crippen LogP contribution in [0, 0.1) is 0 Å². The largest absolute Gasteiger partial charge is 0.351 e. The van der Waals surface area contributed by atoms with Crippen LogP contribution < -0.4 is 0 Å². The van der Waals surface area contributed by atoms with E-state index in [0.717, 1.165) is 5.56 Å². The van der Waals surface area contributed by atoms with Crippen molar-refractivity contribution in [2.24, 2.45) is 0 Å². The van der Waals surface area contributed by atoms with Gasteiger partial charge in [0, 0.05) is 12.7 Å². The smallest absolute Gasteiger partial charge is 0.194 e. The summed E-state index contributed by atoms with van der Waals surface area (Å²) >= 11 is 1.83. The lowest BCUT2D eigenvalue weighted by atomic mass is 10.2. The Balaban J connectivity index is 2.74. The zero-order chi connectivity index (χ0) is 8.10. The molecule has 0 radical (unpaired) electrons. The molecule has 2 nitrogen and oxygen atoms in total. The summed E-state index contributed by atoms with van der Waals surface area (Å²) in [4.78, 5) is 0. The third-order valence-electron chi connectivity index (χ3n) is 1.37. The number of rotatable bonds is 3. The van der Waals surface area contributed by atoms with Crippen LogP contribution in [0.2, 0.25) is 0 Å². The number of halogens is 1. The van der Waals surface area contributed by atoms with Gasteiger partial charge in [-0.15, -0.1) is 0 Å². The van der Waals surface area contributed by atoms with Crippen molar-refractivity contribution in [2.45, 2.75) is 6.29 Å². The summed E-state index contributed by atoms with van der Waals surface area (Å²) in [6.07, 6.45) is -0.253. The van der Waals surface area contributed by atoms with E-state index in [4.69, 9.17) is 7.80 Å². The first-order chi connectivity index (χ1) is 5.38. The molecule has 0 saturated carbocycles. The predicted octanol–water partition coefficient (Wildman–Crippen LogP) is 2.70. The lowest BCUT2D eigenvalue weighted by Gasteiger charge is -2.10. The zero-order valence-electron chi connectivity index (χ0n) is 6.16. The summed E-state index contributed by atoms with van der Waals surface area (Å²) in [5, 5.41) is 0. The van der Waals surface area contributed by atoms with E-state index in [1.54, 1.807) is 7.11 Å². The van der Waals surface area contributed by atoms with Gasteiger partial charge in [0.05, 0.1) is 0 Å². The van der Waals surface area contributed by atoms with Gasteiger partial charge in [0.1, 0.15) is 23.0 Å². The molecule has 60 valence electrons. The van der Waals surface area contributed by atoms with Crippen LogP contribution in [0.15, 0.2) is 30.3 Å². The van der Waals surface area contributed by atoms with Crippen LogP contribution >= 0.6 is 23.0 Å². The van der Waals surface area contributed by atoms with Crippen LogP contribution in [0.4, 0.5) is 0 Å². The first kappa shape index (κ1) is 8.96. The minimum atomic E-state index is -0.253. The Hall–Kier alpha value is -0.130. The highest BCUT2D eigenvalue weighted by molar-refractivity contribution is 14.1. The van der Waals surface area contributed by atoms with Crippen LogP contribution in [0.3, 0.4) is 0 Å². The van der Waals surface area contributed by atoms with E-state index in [1.165, 1.54) is 0 Å². The Morgan fingerprint density at radius 3 is 2.36 bits per heavy atom. The second kappa shape index (κ2) is 4.69. The molecule has 0 fully saturated rings. The van der Waals surface area contributed by atoms with Crippen LogP contribution in [0.25, 0.3) is 0 Å². The second-order valence-corrected chi connectivity index (χ2v) is 2.58. The molecule has 0 N–H and O–H groups in total. The molecule has 1 aromatic carbocycles. The van der Waals surface area contributed by atoms with Gasteiger partial charge in [0.15, 0.2) is 6.29 Å². The maximum atomic E-state index is 5.06. The topological polar surface area (TPSA) is 18.5 Å². The van der Waals surface area contributed by atoms with Crippen molar-refractivity contribution in [1.82, 2.24) is 0 Å². The van der Waals surface area contributed by atoms with Crippen molar-refractivity contribution < 1.29 is 7.80 Å². The highest BCUT2D eigenvalue weighted by atomic mass is 127. The molecule has 1 rings (SSSR count). The molecule has 3 heteroatoms. The van der Waals surface area contributed by atoms with E-state index in [1.807, 2.05) is 53.3 Å². The summed E-state index contributed by atoms with van der Waals surface area (Å²) in [7, 11) is 1.62. The number of hydrogen-bond donors (Lipinski definition) is 0. The van der Waals surface area contributed by atoms with Crippen molar-refractivity contribution in [3.05, 3.63) is 35.9 Å². The van der Waals surface area contributed by atoms with E-state index in [0.29, 0.717) is 0 Å². The summed E-state index contributed by atoms with van der Waals surface area (Å²) < 4.78 is 10.1. The molecule has 0 aliphatic heterocycles. The lowest BCUT2D eigenvalue weighted by molar-refractivity contribution is -0.0267. The van der Waals surface area contributed by atoms with Crippen LogP contribution in [0.1, 0.15) is 11.9 Å². The Kier molecular flexibility index (Phi) is 3.82. The van der Waals surface area contributed by atoms with Gasteiger partial charge in [0.2, 0.25) is 0 Å². The van der Waals surface area contributed by atoms with Crippen molar-refractivity contribution in [1.29, 1.82) is 0 Å². The lowest BCUT2D eigenvalue weighted by Crippen LogP contribution is -1.99. The highest BCUT2D eigenvalue weighted by Crippen LogP contribution is 2.19. The first-order valence-electron chi connectivity index (χ1n) is 3.23. The standard InChI is InChI=1S/C8H9IO2/c1-10-8(11-9)7-5-3-2-4-6-7/h2-6,8H,1H3. The monoisotopic (exact) mass is 264 g/mol. The molecule has 0 heterocycles. The molecule has 0 saturated heterocycles. The van der Waals surface area contributed by atoms with Gasteiger partial charge in [-0.1, -0.05) is 30.3 Å². The summed E-state index contributed by atoms with van der Waals surface area (Å²) in [5.41, 5.74) is 1.03. The molecular formula is C8H9IO2. The number of hydrogen-bond acceptors (Lipinski definition) is 2. The van der Waals surface area contributed by atoms with Gasteiger partial charge >= 0.3 is 0 Å². The van der Waals surface area contributed by atoms with Crippen molar-refractivity contribution in [3.63, 3.8) is 0 Å². The fourth-order valence-corrected chi connectivity index (χ4v) is 1.34. The molecule has 1 unspecified atom stereocenters. The normalized spacial score (nSPS) is 12.9. The Labute approximate surface area is 80.2 Å². The molecule has 11 heavy (non-hydrogen) atoms. The molecule has 1 aromatic rings. The number of ether oxygens (including phenoxy) is 1. The van der Waals surface area contributed by atoms with E-state index < -0.39 is 0 Å². The van der Waals surface area contributed by atoms with Gasteiger partial charge in [-0.2, -0.15) is 0 Å². The predicted molar refractivity (Wildman–Crippen MR) is 51.3 cm³/mol. The Morgan fingerprint density at radius 1 is 1.27 bits per heavy atom. The zero-order valence-corrected chi connectivity index (χ0v) is 8.32. The van der Waals surface area contributed by atoms with E-state index in [2.05, 4.69) is 0 Å². The fourth-order valence-electron chi connectivity index (χ4n) is 0.834. The quantitative estimate of drug-likeness (QED) is 0.617. The second-order valence-electron chi connectivity index (χ2n) is 2.07. The third kappa shape index (κ3) is 2.43. The van der Waals surface area contributed by atoms with E-state index in [9.17, 15) is 0 Å². The van der Waals surface area contributed by atoms with Gasteiger partial charge in [-0.05, 0) is 0 Å². The summed E-state index contributed by atoms with van der Waals surface area (Å²) in [5.74, 6) is 0. The van der Waals surface area contributed by atoms with E-state index in [-0.39, 0.29) is 6.29 Å². The van der Waals surface area contributed by atoms with Gasteiger partial charge < -0.3 is 4.74 Å². The Morgan fingerprint density at radius 2 is 1.91 bits per heavy atom. The molecule has 0 aliphatic rings.